The summed E-state index contributed by atoms with van der Waals surface area (Å²) in [6.45, 7) is 1.47. The van der Waals surface area contributed by atoms with E-state index in [1.54, 1.807) is 0 Å². The van der Waals surface area contributed by atoms with Gasteiger partial charge in [-0.1, -0.05) is 78.9 Å². The van der Waals surface area contributed by atoms with E-state index in [0.717, 1.165) is 65.4 Å². The molecule has 4 heteroatoms. The van der Waals surface area contributed by atoms with E-state index >= 15 is 0 Å². The lowest BCUT2D eigenvalue weighted by atomic mass is 9.92. The fourth-order valence-corrected chi connectivity index (χ4v) is 5.54. The van der Waals surface area contributed by atoms with Gasteiger partial charge in [0, 0.05) is 30.3 Å². The van der Waals surface area contributed by atoms with Gasteiger partial charge < -0.3 is 10.2 Å². The first-order valence-electron chi connectivity index (χ1n) is 12.4. The molecule has 1 unspecified atom stereocenters. The molecule has 0 aromatic heterocycles. The predicted octanol–water partition coefficient (Wildman–Crippen LogP) is 5.93. The highest BCUT2D eigenvalue weighted by molar-refractivity contribution is 6.07. The summed E-state index contributed by atoms with van der Waals surface area (Å²) in [6, 6.07) is 32.2. The van der Waals surface area contributed by atoms with Crippen molar-refractivity contribution in [1.29, 1.82) is 0 Å². The van der Waals surface area contributed by atoms with Gasteiger partial charge in [0.15, 0.2) is 0 Å². The fourth-order valence-electron chi connectivity index (χ4n) is 5.54. The van der Waals surface area contributed by atoms with Gasteiger partial charge in [0.05, 0.1) is 0 Å². The molecule has 1 aliphatic heterocycles. The van der Waals surface area contributed by atoms with Crippen LogP contribution in [-0.4, -0.2) is 35.8 Å². The number of hydrogen-bond donors (Lipinski definition) is 1. The molecule has 4 aromatic rings. The molecule has 1 heterocycles. The van der Waals surface area contributed by atoms with E-state index < -0.39 is 0 Å². The molecule has 1 atom stereocenters. The van der Waals surface area contributed by atoms with Crippen LogP contribution in [0.2, 0.25) is 0 Å². The Kier molecular flexibility index (Phi) is 5.37. The summed E-state index contributed by atoms with van der Waals surface area (Å²) < 4.78 is 0. The van der Waals surface area contributed by atoms with E-state index in [-0.39, 0.29) is 23.3 Å². The topological polar surface area (TPSA) is 49.4 Å². The third-order valence-corrected chi connectivity index (χ3v) is 7.81. The highest BCUT2D eigenvalue weighted by Crippen LogP contribution is 2.54. The lowest BCUT2D eigenvalue weighted by Gasteiger charge is -2.33. The zero-order valence-electron chi connectivity index (χ0n) is 19.6. The monoisotopic (exact) mass is 460 g/mol. The number of likely N-dealkylation sites (tertiary alicyclic amines) is 1. The maximum atomic E-state index is 13.1. The average Bonchev–Trinajstić information content (AvgIpc) is 3.59. The van der Waals surface area contributed by atoms with Crippen LogP contribution in [0, 0.1) is 5.41 Å². The zero-order valence-corrected chi connectivity index (χ0v) is 19.6. The van der Waals surface area contributed by atoms with E-state index in [4.69, 9.17) is 0 Å². The normalized spacial score (nSPS) is 18.4. The SMILES string of the molecule is O=C(NC1CC12CCN(C(=O)c1ccc(-c3ccccc3)cc1)CC2)c1cccc2ccccc12. The van der Waals surface area contributed by atoms with Gasteiger partial charge in [0.1, 0.15) is 0 Å². The quantitative estimate of drug-likeness (QED) is 0.410. The first kappa shape index (κ1) is 21.6. The molecule has 1 saturated heterocycles. The molecule has 1 spiro atoms. The number of nitrogens with zero attached hydrogens (tertiary/aromatic N) is 1. The third-order valence-electron chi connectivity index (χ3n) is 7.81. The van der Waals surface area contributed by atoms with Gasteiger partial charge in [-0.2, -0.15) is 0 Å². The lowest BCUT2D eigenvalue weighted by molar-refractivity contribution is 0.0668. The molecular weight excluding hydrogens is 432 g/mol. The van der Waals surface area contributed by atoms with E-state index in [1.807, 2.05) is 89.8 Å². The standard InChI is InChI=1S/C31H28N2O2/c34-29(27-12-6-10-24-9-4-5-11-26(24)27)32-28-21-31(28)17-19-33(20-18-31)30(35)25-15-13-23(14-16-25)22-7-2-1-3-8-22/h1-16,28H,17-21H2,(H,32,34). The molecule has 0 radical (unpaired) electrons. The van der Waals surface area contributed by atoms with Crippen molar-refractivity contribution >= 4 is 22.6 Å². The summed E-state index contributed by atoms with van der Waals surface area (Å²) in [5, 5.41) is 5.34. The van der Waals surface area contributed by atoms with Crippen molar-refractivity contribution in [2.45, 2.75) is 25.3 Å². The first-order chi connectivity index (χ1) is 17.1. The van der Waals surface area contributed by atoms with E-state index in [0.29, 0.717) is 0 Å². The number of amides is 2. The Morgan fingerprint density at radius 1 is 0.743 bits per heavy atom. The molecule has 0 bridgehead atoms. The number of piperidine rings is 1. The van der Waals surface area contributed by atoms with Gasteiger partial charge in [0.2, 0.25) is 0 Å². The van der Waals surface area contributed by atoms with Crippen LogP contribution in [0.3, 0.4) is 0 Å². The molecule has 4 aromatic carbocycles. The minimum Gasteiger partial charge on any atom is -0.349 e. The van der Waals surface area contributed by atoms with Crippen molar-refractivity contribution < 1.29 is 9.59 Å². The smallest absolute Gasteiger partial charge is 0.253 e. The van der Waals surface area contributed by atoms with Gasteiger partial charge in [-0.25, -0.2) is 0 Å². The van der Waals surface area contributed by atoms with Crippen LogP contribution < -0.4 is 5.32 Å². The van der Waals surface area contributed by atoms with Crippen molar-refractivity contribution in [2.75, 3.05) is 13.1 Å². The summed E-state index contributed by atoms with van der Waals surface area (Å²) in [5.41, 5.74) is 3.86. The highest BCUT2D eigenvalue weighted by atomic mass is 16.2. The largest absolute Gasteiger partial charge is 0.349 e. The summed E-state index contributed by atoms with van der Waals surface area (Å²) >= 11 is 0. The van der Waals surface area contributed by atoms with Crippen LogP contribution in [0.4, 0.5) is 0 Å². The van der Waals surface area contributed by atoms with Crippen molar-refractivity contribution in [3.63, 3.8) is 0 Å². The Morgan fingerprint density at radius 2 is 1.40 bits per heavy atom. The summed E-state index contributed by atoms with van der Waals surface area (Å²) in [4.78, 5) is 28.1. The lowest BCUT2D eigenvalue weighted by Crippen LogP contribution is -2.41. The number of carbonyl (C=O) groups is 2. The van der Waals surface area contributed by atoms with Crippen LogP contribution in [0.25, 0.3) is 21.9 Å². The fraction of sp³-hybridized carbons (Fsp3) is 0.226. The maximum absolute atomic E-state index is 13.1. The van der Waals surface area contributed by atoms with Gasteiger partial charge in [-0.05, 0) is 64.8 Å². The van der Waals surface area contributed by atoms with Gasteiger partial charge in [0.25, 0.3) is 11.8 Å². The van der Waals surface area contributed by atoms with Crippen molar-refractivity contribution in [2.24, 2.45) is 5.41 Å². The van der Waals surface area contributed by atoms with E-state index in [1.165, 1.54) is 0 Å². The molecule has 2 fully saturated rings. The van der Waals surface area contributed by atoms with Crippen LogP contribution in [0.15, 0.2) is 97.1 Å². The molecule has 6 rings (SSSR count). The minimum atomic E-state index is 0.000636. The van der Waals surface area contributed by atoms with Gasteiger partial charge in [-0.15, -0.1) is 0 Å². The van der Waals surface area contributed by atoms with Crippen molar-refractivity contribution in [3.05, 3.63) is 108 Å². The van der Waals surface area contributed by atoms with E-state index in [9.17, 15) is 9.59 Å². The average molecular weight is 461 g/mol. The number of carbonyl (C=O) groups excluding carboxylic acids is 2. The molecule has 2 aliphatic rings. The van der Waals surface area contributed by atoms with Crippen LogP contribution in [-0.2, 0) is 0 Å². The minimum absolute atomic E-state index is 0.000636. The zero-order chi connectivity index (χ0) is 23.8. The number of benzene rings is 4. The van der Waals surface area contributed by atoms with Gasteiger partial charge >= 0.3 is 0 Å². The maximum Gasteiger partial charge on any atom is 0.253 e. The Bertz CT molecular complexity index is 1380. The van der Waals surface area contributed by atoms with Crippen LogP contribution in [0.5, 0.6) is 0 Å². The molecular formula is C31H28N2O2. The Balaban J connectivity index is 1.07. The van der Waals surface area contributed by atoms with Crippen LogP contribution >= 0.6 is 0 Å². The Labute approximate surface area is 205 Å². The summed E-state index contributed by atoms with van der Waals surface area (Å²) in [6.07, 6.45) is 2.86. The number of rotatable bonds is 4. The first-order valence-corrected chi connectivity index (χ1v) is 12.4. The second-order valence-corrected chi connectivity index (χ2v) is 9.85. The molecule has 1 saturated carbocycles. The van der Waals surface area contributed by atoms with Crippen molar-refractivity contribution in [1.82, 2.24) is 10.2 Å². The molecule has 2 amide bonds. The Hall–Kier alpha value is -3.92. The number of fused-ring (bicyclic) bond motifs is 1. The number of nitrogens with one attached hydrogen (secondary N) is 1. The molecule has 35 heavy (non-hydrogen) atoms. The molecule has 4 nitrogen and oxygen atoms in total. The van der Waals surface area contributed by atoms with Crippen molar-refractivity contribution in [3.8, 4) is 11.1 Å². The second kappa shape index (κ2) is 8.70. The predicted molar refractivity (Wildman–Crippen MR) is 139 cm³/mol. The molecule has 1 N–H and O–H groups in total. The third kappa shape index (κ3) is 4.10. The number of hydrogen-bond acceptors (Lipinski definition) is 2. The summed E-state index contributed by atoms with van der Waals surface area (Å²) in [5.74, 6) is 0.0946. The van der Waals surface area contributed by atoms with Gasteiger partial charge in [-0.3, -0.25) is 9.59 Å². The highest BCUT2D eigenvalue weighted by Gasteiger charge is 2.56. The van der Waals surface area contributed by atoms with E-state index in [2.05, 4.69) is 17.4 Å². The summed E-state index contributed by atoms with van der Waals surface area (Å²) in [7, 11) is 0. The van der Waals surface area contributed by atoms with Crippen LogP contribution in [0.1, 0.15) is 40.0 Å². The Morgan fingerprint density at radius 3 is 2.17 bits per heavy atom. The molecule has 1 aliphatic carbocycles. The second-order valence-electron chi connectivity index (χ2n) is 9.85. The molecule has 174 valence electrons.